The van der Waals surface area contributed by atoms with E-state index in [1.807, 2.05) is 0 Å². The van der Waals surface area contributed by atoms with Gasteiger partial charge in [0.1, 0.15) is 23.0 Å². The number of hydrogen-bond donors (Lipinski definition) is 0. The molecule has 0 spiro atoms. The molecule has 0 unspecified atom stereocenters. The van der Waals surface area contributed by atoms with Gasteiger partial charge in [0.2, 0.25) is 0 Å². The van der Waals surface area contributed by atoms with Gasteiger partial charge in [-0.05, 0) is 72.2 Å². The van der Waals surface area contributed by atoms with Crippen LogP contribution in [0.5, 0.6) is 46.0 Å². The van der Waals surface area contributed by atoms with Crippen LogP contribution >= 0.6 is 0 Å². The number of para-hydroxylation sites is 4. The number of nitrogens with zero attached hydrogens (tertiary/aromatic N) is 10. The van der Waals surface area contributed by atoms with Crippen molar-refractivity contribution in [3.63, 3.8) is 0 Å². The predicted octanol–water partition coefficient (Wildman–Crippen LogP) is 2.12. The standard InChI is InChI=1S/2C22H26N2O4.2Cu.6NO3.2Nd.2H2O/c2*1-27-19-11-5-7-15(21(19)25)13-23-17-9-3-4-10-18(17)24-14-16-8-6-12-20(28-2)22(16)26;;;6*2-1(3)4;;;;/h2*5-8,11-14,17-18,25-26H,3-4,9-10H2,1-2H3;;;;;;;;;;;2*1H2/q;;2*+2;6*-1;2*+3;;/p-2/t2*17-,18-;;;;;;;;;;;;/m11............/s1. The van der Waals surface area contributed by atoms with Crippen molar-refractivity contribution in [3.05, 3.63) is 187 Å². The van der Waals surface area contributed by atoms with Crippen LogP contribution in [-0.4, -0.2) is 108 Å². The summed E-state index contributed by atoms with van der Waals surface area (Å²) in [5, 5.41) is 138. The number of aliphatic imine (C=N–C) groups is 4. The van der Waals surface area contributed by atoms with E-state index in [1.165, 1.54) is 28.4 Å². The third kappa shape index (κ3) is 45.2. The Morgan fingerprint density at radius 2 is 0.488 bits per heavy atom. The molecule has 2 saturated carbocycles. The van der Waals surface area contributed by atoms with Gasteiger partial charge in [0.05, 0.1) is 83.1 Å². The van der Waals surface area contributed by atoms with Crippen molar-refractivity contribution in [1.29, 1.82) is 0 Å². The molecule has 0 amide bonds. The molecule has 0 heterocycles. The predicted molar refractivity (Wildman–Crippen MR) is 284 cm³/mol. The van der Waals surface area contributed by atoms with E-state index in [-0.39, 0.29) is 174 Å². The van der Waals surface area contributed by atoms with Crippen molar-refractivity contribution in [2.45, 2.75) is 75.5 Å². The number of rotatable bonds is 12. The van der Waals surface area contributed by atoms with Gasteiger partial charge in [0, 0.05) is 24.9 Å². The summed E-state index contributed by atoms with van der Waals surface area (Å²) in [5.41, 5.74) is 2.01. The van der Waals surface area contributed by atoms with Crippen LogP contribution < -0.4 is 39.4 Å². The zero-order valence-corrected chi connectivity index (χ0v) is 53.3. The third-order valence-electron chi connectivity index (χ3n) is 9.93. The number of benzene rings is 4. The van der Waals surface area contributed by atoms with Crippen molar-refractivity contribution in [2.24, 2.45) is 20.0 Å². The summed E-state index contributed by atoms with van der Waals surface area (Å²) in [7, 11) is 5.91. The van der Waals surface area contributed by atoms with Gasteiger partial charge in [-0.1, -0.05) is 97.2 Å². The summed E-state index contributed by atoms with van der Waals surface area (Å²) in [6.45, 7) is 0. The number of ether oxygens (including phenoxy) is 4. The second-order valence-electron chi connectivity index (χ2n) is 14.8. The van der Waals surface area contributed by atoms with Crippen LogP contribution in [0.4, 0.5) is 0 Å². The first-order valence-corrected chi connectivity index (χ1v) is 22.0. The molecule has 2 aliphatic carbocycles. The zero-order valence-electron chi connectivity index (χ0n) is 45.0. The van der Waals surface area contributed by atoms with Gasteiger partial charge in [0.15, 0.2) is 0 Å². The van der Waals surface area contributed by atoms with Gasteiger partial charge >= 0.3 is 116 Å². The molecule has 0 bridgehead atoms. The van der Waals surface area contributed by atoms with Crippen LogP contribution in [0.15, 0.2) is 92.8 Å². The third-order valence-corrected chi connectivity index (χ3v) is 9.93. The number of hydrogen-bond acceptors (Lipinski definition) is 30. The van der Waals surface area contributed by atoms with Crippen LogP contribution in [0.1, 0.15) is 73.6 Å². The van der Waals surface area contributed by atoms with Crippen LogP contribution in [0.2, 0.25) is 0 Å². The van der Waals surface area contributed by atoms with Gasteiger partial charge < -0.3 is 142 Å². The molecule has 4 radical (unpaired) electrons. The molecule has 42 heteroatoms. The van der Waals surface area contributed by atoms with Crippen LogP contribution in [0.3, 0.4) is 0 Å². The first-order chi connectivity index (χ1) is 37.7. The van der Waals surface area contributed by atoms with Crippen LogP contribution in [0.25, 0.3) is 0 Å². The van der Waals surface area contributed by atoms with Crippen molar-refractivity contribution in [3.8, 4) is 46.0 Å². The van der Waals surface area contributed by atoms with E-state index < -0.39 is 30.5 Å². The Morgan fingerprint density at radius 1 is 0.349 bits per heavy atom. The molecule has 2 aliphatic rings. The normalized spacial score (nSPS) is 14.7. The zero-order chi connectivity index (χ0) is 61.3. The molecular weight excluding hydrogens is 1530 g/mol. The van der Waals surface area contributed by atoms with Gasteiger partial charge in [-0.15, -0.1) is 0 Å². The molecule has 86 heavy (non-hydrogen) atoms. The van der Waals surface area contributed by atoms with Gasteiger partial charge in [-0.25, -0.2) is 0 Å². The SMILES string of the molecule is COc1cccc(C=N[C@@H]2CCCC[C@H]2N=Cc2cccc(OC)c2[O-])c1[O-].COc1cccc(C=N[C@@H]2CCCC[C@H]2N=Cc2cccc(OC)c2[O-])c1[O-].O=[N+]([O-])[O-].O=[N+]([O-])[O-].O=[N+]([O-])[O-].O=[N+]([O-])[O-].O=[N+]([O-])[O-].O=[N+]([O-])[O-].[Cu+2].[Cu+2].[Nd+3].[Nd+3].[OH3+].[OH3+]. The topological polar surface area (TPSA) is 642 Å². The summed E-state index contributed by atoms with van der Waals surface area (Å²) < 4.78 is 20.3. The maximum atomic E-state index is 12.3. The summed E-state index contributed by atoms with van der Waals surface area (Å²) in [4.78, 5) is 68.1. The van der Waals surface area contributed by atoms with E-state index in [2.05, 4.69) is 20.0 Å². The first-order valence-electron chi connectivity index (χ1n) is 22.0. The average Bonchev–Trinajstić information content (AvgIpc) is 3.37. The summed E-state index contributed by atoms with van der Waals surface area (Å²) in [6, 6.07) is 20.5. The molecule has 0 saturated heterocycles. The molecule has 6 N–H and O–H groups in total. The molecule has 0 aromatic heterocycles. The van der Waals surface area contributed by atoms with Gasteiger partial charge in [-0.3, -0.25) is 20.0 Å². The maximum absolute atomic E-state index is 12.3. The van der Waals surface area contributed by atoms with E-state index >= 15 is 0 Å². The minimum Gasteiger partial charge on any atom is -0.870 e. The minimum absolute atomic E-state index is 0. The van der Waals surface area contributed by atoms with Crippen molar-refractivity contribution in [2.75, 3.05) is 28.4 Å². The quantitative estimate of drug-likeness (QED) is 0.0644. The monoisotopic (exact) mass is 1580 g/mol. The van der Waals surface area contributed by atoms with Crippen molar-refractivity contribution in [1.82, 2.24) is 0 Å². The molecule has 2 fully saturated rings. The van der Waals surface area contributed by atoms with Gasteiger partial charge in [-0.2, -0.15) is 0 Å². The summed E-state index contributed by atoms with van der Waals surface area (Å²) >= 11 is 0. The fraction of sp³-hybridized carbons (Fsp3) is 0.364. The Labute approximate surface area is 573 Å². The number of methoxy groups -OCH3 is 4. The van der Waals surface area contributed by atoms with Crippen LogP contribution in [0, 0.1) is 174 Å². The average molecular weight is 1590 g/mol. The smallest absolute Gasteiger partial charge is 0.870 e. The fourth-order valence-electron chi connectivity index (χ4n) is 6.76. The Bertz CT molecular complexity index is 2310. The Balaban J connectivity index is -0.000000163. The molecule has 4 aromatic carbocycles. The summed E-state index contributed by atoms with van der Waals surface area (Å²) in [6.07, 6.45) is 14.4. The second-order valence-corrected chi connectivity index (χ2v) is 14.8. The van der Waals surface area contributed by atoms with Crippen molar-refractivity contribution < 1.29 is 197 Å². The Morgan fingerprint density at radius 3 is 0.616 bits per heavy atom. The van der Waals surface area contributed by atoms with Gasteiger partial charge in [0.25, 0.3) is 0 Å². The Hall–Kier alpha value is -7.18. The summed E-state index contributed by atoms with van der Waals surface area (Å²) in [5.74, 6) is 0.556. The molecule has 0 aliphatic heterocycles. The maximum Gasteiger partial charge on any atom is 3.00 e. The van der Waals surface area contributed by atoms with Crippen molar-refractivity contribution >= 4 is 24.9 Å². The molecule has 38 nitrogen and oxygen atoms in total. The Kier molecular flexibility index (Phi) is 61.6. The molecular formula is C44H54Cu2N10Nd2O28+2. The van der Waals surface area contributed by atoms with E-state index in [0.29, 0.717) is 45.3 Å². The van der Waals surface area contributed by atoms with E-state index in [0.717, 1.165) is 51.4 Å². The molecule has 6 rings (SSSR count). The van der Waals surface area contributed by atoms with E-state index in [1.54, 1.807) is 97.7 Å². The minimum atomic E-state index is -1.75. The fourth-order valence-corrected chi connectivity index (χ4v) is 6.76. The van der Waals surface area contributed by atoms with E-state index in [9.17, 15) is 20.4 Å². The van der Waals surface area contributed by atoms with E-state index in [4.69, 9.17) is 111 Å². The van der Waals surface area contributed by atoms with Crippen LogP contribution in [-0.2, 0) is 45.1 Å². The molecule has 4 aromatic rings. The first kappa shape index (κ1) is 95.2. The molecule has 4 atom stereocenters. The molecule has 476 valence electrons. The largest absolute Gasteiger partial charge is 3.00 e. The second kappa shape index (κ2) is 55.7.